The van der Waals surface area contributed by atoms with Gasteiger partial charge in [-0.15, -0.1) is 0 Å². The molecule has 1 atom stereocenters. The molecule has 26 heavy (non-hydrogen) atoms. The highest BCUT2D eigenvalue weighted by Crippen LogP contribution is 2.29. The quantitative estimate of drug-likeness (QED) is 0.770. The Balaban J connectivity index is 1.56. The average Bonchev–Trinajstić information content (AvgIpc) is 2.63. The molecule has 1 fully saturated rings. The molecule has 138 valence electrons. The summed E-state index contributed by atoms with van der Waals surface area (Å²) in [5.74, 6) is 0. The van der Waals surface area contributed by atoms with E-state index in [1.54, 1.807) is 12.1 Å². The second-order valence-corrected chi connectivity index (χ2v) is 5.84. The number of nitrogens with one attached hydrogen (secondary N) is 3. The summed E-state index contributed by atoms with van der Waals surface area (Å²) in [6.07, 6.45) is -4.42. The number of urea groups is 1. The van der Waals surface area contributed by atoms with Crippen molar-refractivity contribution in [3.63, 3.8) is 0 Å². The van der Waals surface area contributed by atoms with Gasteiger partial charge in [-0.25, -0.2) is 4.79 Å². The summed E-state index contributed by atoms with van der Waals surface area (Å²) in [5, 5.41) is 8.38. The van der Waals surface area contributed by atoms with E-state index in [0.29, 0.717) is 12.3 Å². The van der Waals surface area contributed by atoms with E-state index in [2.05, 4.69) is 16.0 Å². The van der Waals surface area contributed by atoms with Crippen LogP contribution in [0.1, 0.15) is 17.2 Å². The third-order valence-electron chi connectivity index (χ3n) is 3.94. The van der Waals surface area contributed by atoms with E-state index in [4.69, 9.17) is 4.74 Å². The molecule has 0 saturated carbocycles. The molecule has 0 spiro atoms. The standard InChI is InChI=1S/C18H18F3N3O2/c19-18(20,21)13-3-7-15(8-4-13)24-17(25)23-14-5-1-12(2-6-14)16-11-22-9-10-26-16/h1-8,16,22H,9-11H2,(H2,23,24,25)/t16-/m1/s1. The first-order chi connectivity index (χ1) is 12.4. The van der Waals surface area contributed by atoms with E-state index in [1.807, 2.05) is 12.1 Å². The van der Waals surface area contributed by atoms with Crippen LogP contribution in [0.25, 0.3) is 0 Å². The van der Waals surface area contributed by atoms with Crippen molar-refractivity contribution in [3.05, 3.63) is 59.7 Å². The highest BCUT2D eigenvalue weighted by molar-refractivity contribution is 5.99. The molecule has 3 rings (SSSR count). The summed E-state index contributed by atoms with van der Waals surface area (Å²) >= 11 is 0. The van der Waals surface area contributed by atoms with Crippen LogP contribution in [0.2, 0.25) is 0 Å². The molecule has 1 saturated heterocycles. The van der Waals surface area contributed by atoms with Crippen molar-refractivity contribution >= 4 is 17.4 Å². The predicted octanol–water partition coefficient (Wildman–Crippen LogP) is 4.01. The Kier molecular flexibility index (Phi) is 5.43. The van der Waals surface area contributed by atoms with Gasteiger partial charge in [0.25, 0.3) is 0 Å². The minimum absolute atomic E-state index is 0.0150. The monoisotopic (exact) mass is 365 g/mol. The number of hydrogen-bond donors (Lipinski definition) is 3. The van der Waals surface area contributed by atoms with Gasteiger partial charge in [-0.2, -0.15) is 13.2 Å². The molecule has 0 bridgehead atoms. The fourth-order valence-electron chi connectivity index (χ4n) is 2.60. The molecule has 1 aliphatic rings. The third-order valence-corrected chi connectivity index (χ3v) is 3.94. The third kappa shape index (κ3) is 4.74. The van der Waals surface area contributed by atoms with Crippen LogP contribution in [0.15, 0.2) is 48.5 Å². The number of benzene rings is 2. The molecule has 5 nitrogen and oxygen atoms in total. The van der Waals surface area contributed by atoms with Crippen LogP contribution in [0, 0.1) is 0 Å². The average molecular weight is 365 g/mol. The molecule has 2 aromatic carbocycles. The van der Waals surface area contributed by atoms with Gasteiger partial charge in [0.2, 0.25) is 0 Å². The number of ether oxygens (including phenoxy) is 1. The van der Waals surface area contributed by atoms with Crippen molar-refractivity contribution in [1.29, 1.82) is 0 Å². The minimum atomic E-state index is -4.40. The number of anilines is 2. The van der Waals surface area contributed by atoms with Crippen molar-refractivity contribution in [3.8, 4) is 0 Å². The van der Waals surface area contributed by atoms with Gasteiger partial charge in [0.1, 0.15) is 0 Å². The molecule has 8 heteroatoms. The van der Waals surface area contributed by atoms with Gasteiger partial charge in [-0.1, -0.05) is 12.1 Å². The van der Waals surface area contributed by atoms with Crippen molar-refractivity contribution in [2.45, 2.75) is 12.3 Å². The summed E-state index contributed by atoms with van der Waals surface area (Å²) in [7, 11) is 0. The number of alkyl halides is 3. The summed E-state index contributed by atoms with van der Waals surface area (Å²) in [6.45, 7) is 2.22. The van der Waals surface area contributed by atoms with Gasteiger partial charge in [0, 0.05) is 24.5 Å². The lowest BCUT2D eigenvalue weighted by atomic mass is 10.1. The number of hydrogen-bond acceptors (Lipinski definition) is 3. The molecular formula is C18H18F3N3O2. The molecule has 1 aliphatic heterocycles. The number of morpholine rings is 1. The number of rotatable bonds is 3. The summed E-state index contributed by atoms with van der Waals surface area (Å²) in [4.78, 5) is 12.0. The van der Waals surface area contributed by atoms with Gasteiger partial charge < -0.3 is 20.7 Å². The van der Waals surface area contributed by atoms with E-state index >= 15 is 0 Å². The predicted molar refractivity (Wildman–Crippen MR) is 92.1 cm³/mol. The zero-order valence-corrected chi connectivity index (χ0v) is 13.8. The normalized spacial score (nSPS) is 17.6. The number of halogens is 3. The van der Waals surface area contributed by atoms with Gasteiger partial charge in [-0.3, -0.25) is 0 Å². The molecule has 0 aliphatic carbocycles. The van der Waals surface area contributed by atoms with Crippen molar-refractivity contribution in [1.82, 2.24) is 5.32 Å². The van der Waals surface area contributed by atoms with Gasteiger partial charge >= 0.3 is 12.2 Å². The van der Waals surface area contributed by atoms with E-state index in [0.717, 1.165) is 30.8 Å². The lowest BCUT2D eigenvalue weighted by Gasteiger charge is -2.24. The minimum Gasteiger partial charge on any atom is -0.371 e. The van der Waals surface area contributed by atoms with Crippen LogP contribution in [-0.2, 0) is 10.9 Å². The molecule has 2 amide bonds. The van der Waals surface area contributed by atoms with E-state index in [9.17, 15) is 18.0 Å². The van der Waals surface area contributed by atoms with E-state index < -0.39 is 17.8 Å². The van der Waals surface area contributed by atoms with Crippen LogP contribution in [-0.4, -0.2) is 25.7 Å². The summed E-state index contributed by atoms with van der Waals surface area (Å²) < 4.78 is 43.2. The Bertz CT molecular complexity index is 740. The van der Waals surface area contributed by atoms with Gasteiger partial charge in [0.15, 0.2) is 0 Å². The van der Waals surface area contributed by atoms with Crippen molar-refractivity contribution in [2.24, 2.45) is 0 Å². The SMILES string of the molecule is O=C(Nc1ccc([C@H]2CNCCO2)cc1)Nc1ccc(C(F)(F)F)cc1. The first-order valence-electron chi connectivity index (χ1n) is 8.09. The second-order valence-electron chi connectivity index (χ2n) is 5.84. The van der Waals surface area contributed by atoms with Gasteiger partial charge in [0.05, 0.1) is 18.3 Å². The maximum Gasteiger partial charge on any atom is 0.416 e. The smallest absolute Gasteiger partial charge is 0.371 e. The molecule has 0 aromatic heterocycles. The number of carbonyl (C=O) groups excluding carboxylic acids is 1. The van der Waals surface area contributed by atoms with Gasteiger partial charge in [-0.05, 0) is 42.0 Å². The molecule has 0 radical (unpaired) electrons. The van der Waals surface area contributed by atoms with Crippen LogP contribution >= 0.6 is 0 Å². The first-order valence-corrected chi connectivity index (χ1v) is 8.09. The van der Waals surface area contributed by atoms with E-state index in [-0.39, 0.29) is 11.8 Å². The summed E-state index contributed by atoms with van der Waals surface area (Å²) in [6, 6.07) is 11.0. The molecular weight excluding hydrogens is 347 g/mol. The lowest BCUT2D eigenvalue weighted by Crippen LogP contribution is -2.33. The zero-order valence-electron chi connectivity index (χ0n) is 13.8. The first kappa shape index (κ1) is 18.2. The molecule has 0 unspecified atom stereocenters. The maximum atomic E-state index is 12.5. The maximum absolute atomic E-state index is 12.5. The molecule has 1 heterocycles. The second kappa shape index (κ2) is 7.76. The highest BCUT2D eigenvalue weighted by Gasteiger charge is 2.30. The fourth-order valence-corrected chi connectivity index (χ4v) is 2.60. The molecule has 3 N–H and O–H groups in total. The van der Waals surface area contributed by atoms with Crippen LogP contribution in [0.3, 0.4) is 0 Å². The van der Waals surface area contributed by atoms with E-state index in [1.165, 1.54) is 12.1 Å². The largest absolute Gasteiger partial charge is 0.416 e. The van der Waals surface area contributed by atoms with Crippen LogP contribution in [0.4, 0.5) is 29.3 Å². The van der Waals surface area contributed by atoms with Crippen molar-refractivity contribution < 1.29 is 22.7 Å². The number of amides is 2. The lowest BCUT2D eigenvalue weighted by molar-refractivity contribution is -0.137. The van der Waals surface area contributed by atoms with Crippen LogP contribution in [0.5, 0.6) is 0 Å². The zero-order chi connectivity index (χ0) is 18.6. The Morgan fingerprint density at radius 3 is 2.08 bits per heavy atom. The Morgan fingerprint density at radius 1 is 1.00 bits per heavy atom. The molecule has 2 aromatic rings. The van der Waals surface area contributed by atoms with Crippen LogP contribution < -0.4 is 16.0 Å². The Hall–Kier alpha value is -2.58. The highest BCUT2D eigenvalue weighted by atomic mass is 19.4. The topological polar surface area (TPSA) is 62.4 Å². The van der Waals surface area contributed by atoms with Crippen molar-refractivity contribution in [2.75, 3.05) is 30.3 Å². The Morgan fingerprint density at radius 2 is 1.58 bits per heavy atom. The number of carbonyl (C=O) groups is 1. The fraction of sp³-hybridized carbons (Fsp3) is 0.278. The summed E-state index contributed by atoms with van der Waals surface area (Å²) in [5.41, 5.74) is 1.08. The Labute approximate surface area is 148 Å².